The van der Waals surface area contributed by atoms with Crippen LogP contribution < -0.4 is 11.1 Å². The Kier molecular flexibility index (Phi) is 5.25. The van der Waals surface area contributed by atoms with Gasteiger partial charge in [0.2, 0.25) is 0 Å². The molecule has 0 heterocycles. The van der Waals surface area contributed by atoms with Gasteiger partial charge in [-0.3, -0.25) is 4.79 Å². The lowest BCUT2D eigenvalue weighted by atomic mass is 10.2. The van der Waals surface area contributed by atoms with Gasteiger partial charge < -0.3 is 11.1 Å². The van der Waals surface area contributed by atoms with Crippen molar-refractivity contribution in [2.45, 2.75) is 19.4 Å². The normalized spacial score (nSPS) is 12.2. The van der Waals surface area contributed by atoms with Crippen LogP contribution in [-0.2, 0) is 0 Å². The van der Waals surface area contributed by atoms with Gasteiger partial charge in [0.15, 0.2) is 0 Å². The highest BCUT2D eigenvalue weighted by Crippen LogP contribution is 2.20. The van der Waals surface area contributed by atoms with E-state index < -0.39 is 0 Å². The van der Waals surface area contributed by atoms with E-state index in [1.807, 2.05) is 6.92 Å². The Morgan fingerprint density at radius 1 is 1.62 bits per heavy atom. The van der Waals surface area contributed by atoms with E-state index in [4.69, 9.17) is 17.3 Å². The Hall–Kier alpha value is -0.580. The van der Waals surface area contributed by atoms with E-state index in [0.29, 0.717) is 17.1 Å². The van der Waals surface area contributed by atoms with Crippen LogP contribution in [0.2, 0.25) is 5.02 Å². The van der Waals surface area contributed by atoms with Gasteiger partial charge in [-0.1, -0.05) is 18.5 Å². The van der Waals surface area contributed by atoms with Crippen LogP contribution >= 0.6 is 27.5 Å². The van der Waals surface area contributed by atoms with Gasteiger partial charge in [0, 0.05) is 22.1 Å². The molecule has 3 N–H and O–H groups in total. The molecule has 0 aromatic heterocycles. The van der Waals surface area contributed by atoms with E-state index >= 15 is 0 Å². The van der Waals surface area contributed by atoms with E-state index in [0.717, 1.165) is 10.9 Å². The maximum absolute atomic E-state index is 11.8. The van der Waals surface area contributed by atoms with Crippen LogP contribution in [0.5, 0.6) is 0 Å². The Morgan fingerprint density at radius 2 is 2.31 bits per heavy atom. The molecule has 1 atom stereocenters. The molecule has 16 heavy (non-hydrogen) atoms. The smallest absolute Gasteiger partial charge is 0.252 e. The van der Waals surface area contributed by atoms with E-state index in [2.05, 4.69) is 21.2 Å². The quantitative estimate of drug-likeness (QED) is 0.898. The summed E-state index contributed by atoms with van der Waals surface area (Å²) in [5.74, 6) is -0.168. The van der Waals surface area contributed by atoms with Gasteiger partial charge in [0.25, 0.3) is 5.91 Å². The molecule has 0 fully saturated rings. The first-order chi connectivity index (χ1) is 7.54. The first-order valence-corrected chi connectivity index (χ1v) is 6.20. The summed E-state index contributed by atoms with van der Waals surface area (Å²) < 4.78 is 0.722. The molecule has 0 aliphatic rings. The number of nitrogens with two attached hydrogens (primary N) is 1. The first-order valence-electron chi connectivity index (χ1n) is 5.03. The topological polar surface area (TPSA) is 55.1 Å². The maximum atomic E-state index is 11.8. The lowest BCUT2D eigenvalue weighted by Crippen LogP contribution is -2.36. The fraction of sp³-hybridized carbons (Fsp3) is 0.364. The van der Waals surface area contributed by atoms with Gasteiger partial charge in [-0.05, 0) is 40.5 Å². The summed E-state index contributed by atoms with van der Waals surface area (Å²) in [5, 5.41) is 3.30. The second-order valence-corrected chi connectivity index (χ2v) is 4.79. The largest absolute Gasteiger partial charge is 0.350 e. The Balaban J connectivity index is 2.69. The van der Waals surface area contributed by atoms with E-state index in [9.17, 15) is 4.79 Å². The number of amides is 1. The minimum absolute atomic E-state index is 0.0121. The molecular formula is C11H14BrClN2O. The first kappa shape index (κ1) is 13.5. The van der Waals surface area contributed by atoms with Crippen molar-refractivity contribution in [3.8, 4) is 0 Å². The van der Waals surface area contributed by atoms with Gasteiger partial charge in [-0.2, -0.15) is 0 Å². The number of benzene rings is 1. The molecule has 0 spiro atoms. The van der Waals surface area contributed by atoms with Gasteiger partial charge in [-0.15, -0.1) is 0 Å². The number of carbonyl (C=O) groups excluding carboxylic acids is 1. The second kappa shape index (κ2) is 6.23. The zero-order valence-electron chi connectivity index (χ0n) is 8.97. The van der Waals surface area contributed by atoms with Gasteiger partial charge >= 0.3 is 0 Å². The predicted molar refractivity (Wildman–Crippen MR) is 69.8 cm³/mol. The van der Waals surface area contributed by atoms with Gasteiger partial charge in [0.05, 0.1) is 5.56 Å². The van der Waals surface area contributed by atoms with E-state index in [-0.39, 0.29) is 11.9 Å². The molecular weight excluding hydrogens is 291 g/mol. The van der Waals surface area contributed by atoms with Crippen LogP contribution in [-0.4, -0.2) is 18.5 Å². The van der Waals surface area contributed by atoms with Crippen LogP contribution in [0.25, 0.3) is 0 Å². The minimum Gasteiger partial charge on any atom is -0.350 e. The van der Waals surface area contributed by atoms with Crippen molar-refractivity contribution in [3.05, 3.63) is 33.3 Å². The summed E-state index contributed by atoms with van der Waals surface area (Å²) in [6, 6.07) is 5.08. The summed E-state index contributed by atoms with van der Waals surface area (Å²) in [6.45, 7) is 2.44. The van der Waals surface area contributed by atoms with Crippen molar-refractivity contribution in [2.75, 3.05) is 6.54 Å². The van der Waals surface area contributed by atoms with E-state index in [1.54, 1.807) is 18.2 Å². The highest BCUT2D eigenvalue weighted by atomic mass is 79.9. The molecule has 1 unspecified atom stereocenters. The second-order valence-electron chi connectivity index (χ2n) is 3.50. The van der Waals surface area contributed by atoms with Crippen molar-refractivity contribution >= 4 is 33.4 Å². The molecule has 0 saturated heterocycles. The number of rotatable bonds is 4. The van der Waals surface area contributed by atoms with Gasteiger partial charge in [0.1, 0.15) is 0 Å². The van der Waals surface area contributed by atoms with Crippen LogP contribution in [0.15, 0.2) is 22.7 Å². The fourth-order valence-electron chi connectivity index (χ4n) is 1.13. The number of hydrogen-bond donors (Lipinski definition) is 2. The van der Waals surface area contributed by atoms with Crippen molar-refractivity contribution < 1.29 is 4.79 Å². The highest BCUT2D eigenvalue weighted by Gasteiger charge is 2.11. The molecule has 0 bridgehead atoms. The summed E-state index contributed by atoms with van der Waals surface area (Å²) >= 11 is 9.13. The number of halogens is 2. The molecule has 0 aliphatic carbocycles. The van der Waals surface area contributed by atoms with Crippen LogP contribution in [0, 0.1) is 0 Å². The lowest BCUT2D eigenvalue weighted by molar-refractivity contribution is 0.0950. The molecule has 0 aliphatic heterocycles. The third-order valence-corrected chi connectivity index (χ3v) is 3.15. The van der Waals surface area contributed by atoms with Crippen molar-refractivity contribution in [2.24, 2.45) is 5.73 Å². The predicted octanol–water partition coefficient (Wildman–Crippen LogP) is 2.57. The maximum Gasteiger partial charge on any atom is 0.252 e. The minimum atomic E-state index is -0.168. The fourth-order valence-corrected chi connectivity index (χ4v) is 1.73. The molecule has 1 aromatic rings. The third kappa shape index (κ3) is 3.77. The molecule has 3 nitrogen and oxygen atoms in total. The molecule has 88 valence electrons. The Labute approximate surface area is 108 Å². The highest BCUT2D eigenvalue weighted by molar-refractivity contribution is 9.10. The van der Waals surface area contributed by atoms with Crippen molar-refractivity contribution in [1.82, 2.24) is 5.32 Å². The third-order valence-electron chi connectivity index (χ3n) is 2.22. The molecule has 1 amide bonds. The van der Waals surface area contributed by atoms with Gasteiger partial charge in [-0.25, -0.2) is 0 Å². The van der Waals surface area contributed by atoms with E-state index in [1.165, 1.54) is 0 Å². The summed E-state index contributed by atoms with van der Waals surface area (Å²) in [6.07, 6.45) is 0.830. The Morgan fingerprint density at radius 3 is 2.94 bits per heavy atom. The van der Waals surface area contributed by atoms with Crippen molar-refractivity contribution in [1.29, 1.82) is 0 Å². The van der Waals surface area contributed by atoms with Crippen LogP contribution in [0.1, 0.15) is 23.7 Å². The van der Waals surface area contributed by atoms with Crippen LogP contribution in [0.4, 0.5) is 0 Å². The molecule has 0 radical (unpaired) electrons. The summed E-state index contributed by atoms with van der Waals surface area (Å²) in [4.78, 5) is 11.8. The average Bonchev–Trinajstić information content (AvgIpc) is 2.28. The van der Waals surface area contributed by atoms with Crippen molar-refractivity contribution in [3.63, 3.8) is 0 Å². The zero-order valence-corrected chi connectivity index (χ0v) is 11.3. The molecule has 5 heteroatoms. The number of carbonyl (C=O) groups is 1. The number of nitrogens with one attached hydrogen (secondary N) is 1. The standard InChI is InChI=1S/C11H14BrClN2O/c1-2-8(14)6-15-11(16)9-5-7(13)3-4-10(9)12/h3-5,8H,2,6,14H2,1H3,(H,15,16). The molecule has 0 saturated carbocycles. The SMILES string of the molecule is CCC(N)CNC(=O)c1cc(Cl)ccc1Br. The lowest BCUT2D eigenvalue weighted by Gasteiger charge is -2.11. The summed E-state index contributed by atoms with van der Waals surface area (Å²) in [7, 11) is 0. The molecule has 1 rings (SSSR count). The monoisotopic (exact) mass is 304 g/mol. The van der Waals surface area contributed by atoms with Crippen LogP contribution in [0.3, 0.4) is 0 Å². The average molecular weight is 306 g/mol. The summed E-state index contributed by atoms with van der Waals surface area (Å²) in [5.41, 5.74) is 6.24. The molecule has 1 aromatic carbocycles. The zero-order chi connectivity index (χ0) is 12.1. The Bertz CT molecular complexity index is 384. The number of hydrogen-bond acceptors (Lipinski definition) is 2.